The van der Waals surface area contributed by atoms with Crippen LogP contribution in [0.25, 0.3) is 0 Å². The summed E-state index contributed by atoms with van der Waals surface area (Å²) in [6, 6.07) is 6.36. The summed E-state index contributed by atoms with van der Waals surface area (Å²) >= 11 is 0. The molecule has 0 saturated carbocycles. The summed E-state index contributed by atoms with van der Waals surface area (Å²) in [6.07, 6.45) is 1.56. The van der Waals surface area contributed by atoms with Crippen molar-refractivity contribution in [1.82, 2.24) is 0 Å². The average Bonchev–Trinajstić information content (AvgIpc) is 2.41. The third-order valence-electron chi connectivity index (χ3n) is 2.70. The van der Waals surface area contributed by atoms with Crippen molar-refractivity contribution in [3.8, 4) is 5.75 Å². The summed E-state index contributed by atoms with van der Waals surface area (Å²) < 4.78 is 10.1. The molecule has 1 N–H and O–H groups in total. The van der Waals surface area contributed by atoms with Crippen molar-refractivity contribution in [2.24, 2.45) is 0 Å². The van der Waals surface area contributed by atoms with Gasteiger partial charge in [0.1, 0.15) is 12.4 Å². The highest BCUT2D eigenvalue weighted by Gasteiger charge is 2.18. The van der Waals surface area contributed by atoms with Crippen LogP contribution in [0.4, 0.5) is 0 Å². The minimum atomic E-state index is -0.474. The lowest BCUT2D eigenvalue weighted by molar-refractivity contribution is -0.144. The summed E-state index contributed by atoms with van der Waals surface area (Å²) in [5.41, 5.74) is 1.12. The maximum Gasteiger partial charge on any atom is 0.310 e. The Kier molecular flexibility index (Phi) is 4.18. The molecule has 5 nitrogen and oxygen atoms in total. The zero-order valence-electron chi connectivity index (χ0n) is 10.3. The molecule has 0 bridgehead atoms. The zero-order valence-corrected chi connectivity index (χ0v) is 10.3. The first-order valence-corrected chi connectivity index (χ1v) is 5.92. The van der Waals surface area contributed by atoms with E-state index in [2.05, 4.69) is 0 Å². The highest BCUT2D eigenvalue weighted by Crippen LogP contribution is 2.14. The quantitative estimate of drug-likeness (QED) is 0.836. The van der Waals surface area contributed by atoms with Crippen molar-refractivity contribution in [3.63, 3.8) is 0 Å². The van der Waals surface area contributed by atoms with Crippen molar-refractivity contribution in [2.45, 2.75) is 19.4 Å². The van der Waals surface area contributed by atoms with E-state index in [4.69, 9.17) is 14.6 Å². The SMILES string of the molecule is O=C(CC1=COCCC1=O)OCc1ccc(O)cc1. The molecule has 1 heterocycles. The minimum absolute atomic E-state index is 0.0725. The molecule has 0 fully saturated rings. The van der Waals surface area contributed by atoms with E-state index in [1.165, 1.54) is 18.4 Å². The molecule has 0 radical (unpaired) electrons. The Bertz CT molecular complexity index is 501. The monoisotopic (exact) mass is 262 g/mol. The first kappa shape index (κ1) is 13.1. The predicted molar refractivity (Wildman–Crippen MR) is 66.2 cm³/mol. The molecule has 1 aliphatic rings. The van der Waals surface area contributed by atoms with E-state index in [0.717, 1.165) is 5.56 Å². The Hall–Kier alpha value is -2.30. The zero-order chi connectivity index (χ0) is 13.7. The van der Waals surface area contributed by atoms with Gasteiger partial charge in [0.15, 0.2) is 5.78 Å². The molecule has 0 spiro atoms. The Morgan fingerprint density at radius 3 is 2.74 bits per heavy atom. The predicted octanol–water partition coefficient (Wildman–Crippen LogP) is 1.70. The van der Waals surface area contributed by atoms with Gasteiger partial charge in [0.25, 0.3) is 0 Å². The number of ketones is 1. The van der Waals surface area contributed by atoms with E-state index in [-0.39, 0.29) is 24.6 Å². The molecule has 0 saturated heterocycles. The fraction of sp³-hybridized carbons (Fsp3) is 0.286. The van der Waals surface area contributed by atoms with Gasteiger partial charge in [-0.2, -0.15) is 0 Å². The molecule has 0 aromatic heterocycles. The smallest absolute Gasteiger partial charge is 0.310 e. The normalized spacial score (nSPS) is 14.5. The van der Waals surface area contributed by atoms with Gasteiger partial charge in [-0.1, -0.05) is 12.1 Å². The largest absolute Gasteiger partial charge is 0.508 e. The number of rotatable bonds is 4. The number of hydrogen-bond donors (Lipinski definition) is 1. The van der Waals surface area contributed by atoms with Gasteiger partial charge in [-0.25, -0.2) is 0 Å². The van der Waals surface area contributed by atoms with Gasteiger partial charge in [-0.3, -0.25) is 9.59 Å². The molecule has 19 heavy (non-hydrogen) atoms. The maximum absolute atomic E-state index is 11.6. The van der Waals surface area contributed by atoms with Crippen LogP contribution >= 0.6 is 0 Å². The van der Waals surface area contributed by atoms with Crippen LogP contribution in [0, 0.1) is 0 Å². The second kappa shape index (κ2) is 6.04. The van der Waals surface area contributed by atoms with Crippen molar-refractivity contribution < 1.29 is 24.2 Å². The van der Waals surface area contributed by atoms with Gasteiger partial charge in [0, 0.05) is 12.0 Å². The number of carbonyl (C=O) groups excluding carboxylic acids is 2. The molecular formula is C14H14O5. The number of carbonyl (C=O) groups is 2. The van der Waals surface area contributed by atoms with E-state index in [0.29, 0.717) is 18.6 Å². The molecule has 0 aliphatic carbocycles. The fourth-order valence-electron chi connectivity index (χ4n) is 1.64. The molecule has 0 atom stereocenters. The molecule has 0 unspecified atom stereocenters. The summed E-state index contributed by atoms with van der Waals surface area (Å²) in [5, 5.41) is 9.11. The number of esters is 1. The number of ether oxygens (including phenoxy) is 2. The van der Waals surface area contributed by atoms with Gasteiger partial charge in [0.05, 0.1) is 19.3 Å². The van der Waals surface area contributed by atoms with Crippen LogP contribution in [0.15, 0.2) is 36.1 Å². The molecule has 1 aliphatic heterocycles. The maximum atomic E-state index is 11.6. The van der Waals surface area contributed by atoms with Crippen LogP contribution in [0.2, 0.25) is 0 Å². The fourth-order valence-corrected chi connectivity index (χ4v) is 1.64. The van der Waals surface area contributed by atoms with Gasteiger partial charge in [0.2, 0.25) is 0 Å². The lowest BCUT2D eigenvalue weighted by Crippen LogP contribution is -2.16. The molecule has 1 aromatic rings. The summed E-state index contributed by atoms with van der Waals surface area (Å²) in [6.45, 7) is 0.479. The minimum Gasteiger partial charge on any atom is -0.508 e. The average molecular weight is 262 g/mol. The topological polar surface area (TPSA) is 72.8 Å². The second-order valence-electron chi connectivity index (χ2n) is 4.19. The first-order valence-electron chi connectivity index (χ1n) is 5.92. The Morgan fingerprint density at radius 2 is 2.05 bits per heavy atom. The number of benzene rings is 1. The van der Waals surface area contributed by atoms with E-state index >= 15 is 0 Å². The number of phenolic OH excluding ortho intramolecular Hbond substituents is 1. The lowest BCUT2D eigenvalue weighted by atomic mass is 10.1. The molecule has 1 aromatic carbocycles. The Morgan fingerprint density at radius 1 is 1.32 bits per heavy atom. The van der Waals surface area contributed by atoms with Crippen molar-refractivity contribution >= 4 is 11.8 Å². The standard InChI is InChI=1S/C14H14O5/c15-12-3-1-10(2-4-12)8-19-14(17)7-11-9-18-6-5-13(11)16/h1-4,9,15H,5-8H2. The molecule has 5 heteroatoms. The Balaban J connectivity index is 1.83. The molecular weight excluding hydrogens is 248 g/mol. The third kappa shape index (κ3) is 3.84. The van der Waals surface area contributed by atoms with Gasteiger partial charge in [-0.05, 0) is 17.7 Å². The van der Waals surface area contributed by atoms with Crippen LogP contribution in [0.1, 0.15) is 18.4 Å². The van der Waals surface area contributed by atoms with Gasteiger partial charge >= 0.3 is 5.97 Å². The molecule has 100 valence electrons. The van der Waals surface area contributed by atoms with Gasteiger partial charge < -0.3 is 14.6 Å². The third-order valence-corrected chi connectivity index (χ3v) is 2.70. The summed E-state index contributed by atoms with van der Waals surface area (Å²) in [7, 11) is 0. The number of Topliss-reactive ketones (excluding diaryl/α,β-unsaturated/α-hetero) is 1. The highest BCUT2D eigenvalue weighted by atomic mass is 16.5. The van der Waals surface area contributed by atoms with Crippen molar-refractivity contribution in [1.29, 1.82) is 0 Å². The summed E-state index contributed by atoms with van der Waals surface area (Å²) in [5.74, 6) is -0.392. The lowest BCUT2D eigenvalue weighted by Gasteiger charge is -2.12. The number of phenols is 1. The van der Waals surface area contributed by atoms with Gasteiger partial charge in [-0.15, -0.1) is 0 Å². The van der Waals surface area contributed by atoms with Crippen molar-refractivity contribution in [3.05, 3.63) is 41.7 Å². The van der Waals surface area contributed by atoms with Crippen LogP contribution in [0.3, 0.4) is 0 Å². The second-order valence-corrected chi connectivity index (χ2v) is 4.19. The van der Waals surface area contributed by atoms with E-state index in [9.17, 15) is 9.59 Å². The van der Waals surface area contributed by atoms with Crippen molar-refractivity contribution in [2.75, 3.05) is 6.61 Å². The van der Waals surface area contributed by atoms with E-state index < -0.39 is 5.97 Å². The van der Waals surface area contributed by atoms with E-state index in [1.807, 2.05) is 0 Å². The van der Waals surface area contributed by atoms with Crippen LogP contribution in [-0.4, -0.2) is 23.5 Å². The number of hydrogen-bond acceptors (Lipinski definition) is 5. The molecule has 2 rings (SSSR count). The number of aromatic hydroxyl groups is 1. The molecule has 0 amide bonds. The highest BCUT2D eigenvalue weighted by molar-refractivity contribution is 5.99. The Labute approximate surface area is 110 Å². The van der Waals surface area contributed by atoms with Crippen LogP contribution in [0.5, 0.6) is 5.75 Å². The van der Waals surface area contributed by atoms with Crippen LogP contribution < -0.4 is 0 Å². The first-order chi connectivity index (χ1) is 9.15. The van der Waals surface area contributed by atoms with E-state index in [1.54, 1.807) is 12.1 Å². The summed E-state index contributed by atoms with van der Waals surface area (Å²) in [4.78, 5) is 23.0. The van der Waals surface area contributed by atoms with Crippen LogP contribution in [-0.2, 0) is 25.7 Å².